The van der Waals surface area contributed by atoms with Crippen LogP contribution in [0.1, 0.15) is 16.7 Å². The fourth-order valence-electron chi connectivity index (χ4n) is 3.15. The van der Waals surface area contributed by atoms with E-state index < -0.39 is 0 Å². The van der Waals surface area contributed by atoms with E-state index >= 15 is 0 Å². The van der Waals surface area contributed by atoms with Gasteiger partial charge in [-0.25, -0.2) is 0 Å². The fraction of sp³-hybridized carbons (Fsp3) is 0.217. The molecule has 1 N–H and O–H groups in total. The Hall–Kier alpha value is -3.05. The van der Waals surface area contributed by atoms with Crippen molar-refractivity contribution >= 4 is 17.3 Å². The van der Waals surface area contributed by atoms with Gasteiger partial charge in [-0.2, -0.15) is 0 Å². The van der Waals surface area contributed by atoms with E-state index in [1.807, 2.05) is 36.4 Å². The predicted octanol–water partition coefficient (Wildman–Crippen LogP) is 5.58. The van der Waals surface area contributed by atoms with Gasteiger partial charge in [0.1, 0.15) is 6.61 Å². The van der Waals surface area contributed by atoms with Gasteiger partial charge in [-0.15, -0.1) is 0 Å². The van der Waals surface area contributed by atoms with Crippen LogP contribution in [0, 0.1) is 6.92 Å². The topological polar surface area (TPSA) is 49.0 Å². The monoisotopic (exact) mass is 411 g/mol. The van der Waals surface area contributed by atoms with Crippen LogP contribution in [0.3, 0.4) is 0 Å². The van der Waals surface area contributed by atoms with Crippen LogP contribution in [-0.2, 0) is 13.2 Å². The highest BCUT2D eigenvalue weighted by Gasteiger charge is 2.14. The minimum Gasteiger partial charge on any atom is -0.493 e. The second-order valence-electron chi connectivity index (χ2n) is 6.79. The number of rotatable bonds is 7. The van der Waals surface area contributed by atoms with Crippen molar-refractivity contribution in [3.8, 4) is 23.0 Å². The van der Waals surface area contributed by atoms with E-state index in [2.05, 4.69) is 24.4 Å². The molecule has 0 amide bonds. The Labute approximate surface area is 175 Å². The quantitative estimate of drug-likeness (QED) is 0.550. The Kier molecular flexibility index (Phi) is 5.67. The van der Waals surface area contributed by atoms with Crippen molar-refractivity contribution in [2.45, 2.75) is 20.1 Å². The maximum atomic E-state index is 6.51. The number of hydrogen-bond acceptors (Lipinski definition) is 5. The van der Waals surface area contributed by atoms with Crippen molar-refractivity contribution < 1.29 is 18.9 Å². The number of fused-ring (bicyclic) bond motifs is 1. The lowest BCUT2D eigenvalue weighted by atomic mass is 10.1. The Bertz CT molecular complexity index is 1020. The third-order valence-corrected chi connectivity index (χ3v) is 5.02. The van der Waals surface area contributed by atoms with Crippen LogP contribution in [0.25, 0.3) is 0 Å². The zero-order valence-electron chi connectivity index (χ0n) is 16.3. The predicted molar refractivity (Wildman–Crippen MR) is 113 cm³/mol. The molecule has 0 unspecified atom stereocenters. The van der Waals surface area contributed by atoms with Gasteiger partial charge in [0.15, 0.2) is 23.0 Å². The smallest absolute Gasteiger partial charge is 0.231 e. The first kappa shape index (κ1) is 19.3. The molecule has 150 valence electrons. The average molecular weight is 412 g/mol. The molecule has 6 heteroatoms. The molecule has 5 nitrogen and oxygen atoms in total. The number of anilines is 1. The Balaban J connectivity index is 1.45. The maximum absolute atomic E-state index is 6.51. The van der Waals surface area contributed by atoms with E-state index in [9.17, 15) is 0 Å². The first-order chi connectivity index (χ1) is 14.1. The van der Waals surface area contributed by atoms with Crippen LogP contribution in [0.15, 0.2) is 54.6 Å². The summed E-state index contributed by atoms with van der Waals surface area (Å²) in [5.41, 5.74) is 4.12. The lowest BCUT2D eigenvalue weighted by Gasteiger charge is -2.15. The highest BCUT2D eigenvalue weighted by molar-refractivity contribution is 6.31. The molecular weight excluding hydrogens is 390 g/mol. The maximum Gasteiger partial charge on any atom is 0.231 e. The summed E-state index contributed by atoms with van der Waals surface area (Å²) in [6, 6.07) is 17.6. The van der Waals surface area contributed by atoms with Crippen molar-refractivity contribution in [1.82, 2.24) is 0 Å². The Morgan fingerprint density at radius 1 is 1.00 bits per heavy atom. The first-order valence-corrected chi connectivity index (χ1v) is 9.68. The standard InChI is InChI=1S/C23H22ClNO4/c1-15-4-3-5-16(8-15)13-27-23-11-19(24)17(9-21(23)26-2)12-25-18-6-7-20-22(10-18)29-14-28-20/h3-11,25H,12-14H2,1-2H3. The Morgan fingerprint density at radius 2 is 1.86 bits per heavy atom. The molecule has 0 spiro atoms. The number of ether oxygens (including phenoxy) is 4. The highest BCUT2D eigenvalue weighted by Crippen LogP contribution is 2.36. The van der Waals surface area contributed by atoms with Gasteiger partial charge in [-0.3, -0.25) is 0 Å². The second kappa shape index (κ2) is 8.53. The minimum atomic E-state index is 0.256. The van der Waals surface area contributed by atoms with Gasteiger partial charge in [-0.05, 0) is 36.2 Å². The molecular formula is C23H22ClNO4. The number of aryl methyl sites for hydroxylation is 1. The molecule has 29 heavy (non-hydrogen) atoms. The molecule has 0 bridgehead atoms. The van der Waals surface area contributed by atoms with Gasteiger partial charge in [0.05, 0.1) is 7.11 Å². The van der Waals surface area contributed by atoms with Crippen LogP contribution in [0.4, 0.5) is 5.69 Å². The Morgan fingerprint density at radius 3 is 2.69 bits per heavy atom. The number of benzene rings is 3. The van der Waals surface area contributed by atoms with Crippen LogP contribution in [0.2, 0.25) is 5.02 Å². The molecule has 0 atom stereocenters. The van der Waals surface area contributed by atoms with E-state index in [-0.39, 0.29) is 6.79 Å². The minimum absolute atomic E-state index is 0.256. The van der Waals surface area contributed by atoms with Crippen molar-refractivity contribution in [2.75, 3.05) is 19.2 Å². The molecule has 0 saturated carbocycles. The van der Waals surface area contributed by atoms with E-state index in [1.54, 1.807) is 13.2 Å². The summed E-state index contributed by atoms with van der Waals surface area (Å²) < 4.78 is 22.2. The molecule has 1 heterocycles. The zero-order chi connectivity index (χ0) is 20.2. The van der Waals surface area contributed by atoms with Gasteiger partial charge in [0.2, 0.25) is 6.79 Å². The summed E-state index contributed by atoms with van der Waals surface area (Å²) in [6.07, 6.45) is 0. The lowest BCUT2D eigenvalue weighted by molar-refractivity contribution is 0.174. The lowest BCUT2D eigenvalue weighted by Crippen LogP contribution is -2.03. The summed E-state index contributed by atoms with van der Waals surface area (Å²) in [4.78, 5) is 0. The third kappa shape index (κ3) is 4.51. The molecule has 3 aromatic rings. The molecule has 1 aliphatic heterocycles. The number of nitrogens with one attached hydrogen (secondary N) is 1. The summed E-state index contributed by atoms with van der Waals surface area (Å²) in [5, 5.41) is 3.96. The van der Waals surface area contributed by atoms with Crippen LogP contribution in [0.5, 0.6) is 23.0 Å². The van der Waals surface area contributed by atoms with Gasteiger partial charge in [-0.1, -0.05) is 41.4 Å². The number of halogens is 1. The largest absolute Gasteiger partial charge is 0.493 e. The van der Waals surface area contributed by atoms with Crippen molar-refractivity contribution in [2.24, 2.45) is 0 Å². The van der Waals surface area contributed by atoms with Gasteiger partial charge in [0.25, 0.3) is 0 Å². The van der Waals surface area contributed by atoms with E-state index in [0.717, 1.165) is 28.3 Å². The molecule has 0 radical (unpaired) electrons. The zero-order valence-corrected chi connectivity index (χ0v) is 17.1. The van der Waals surface area contributed by atoms with Crippen LogP contribution < -0.4 is 24.3 Å². The van der Waals surface area contributed by atoms with Crippen LogP contribution >= 0.6 is 11.6 Å². The van der Waals surface area contributed by atoms with Crippen LogP contribution in [-0.4, -0.2) is 13.9 Å². The van der Waals surface area contributed by atoms with Gasteiger partial charge in [0, 0.05) is 29.4 Å². The SMILES string of the molecule is COc1cc(CNc2ccc3c(c2)OCO3)c(Cl)cc1OCc1cccc(C)c1. The highest BCUT2D eigenvalue weighted by atomic mass is 35.5. The molecule has 0 fully saturated rings. The van der Waals surface area contributed by atoms with E-state index in [0.29, 0.717) is 29.7 Å². The average Bonchev–Trinajstić information content (AvgIpc) is 3.19. The summed E-state index contributed by atoms with van der Waals surface area (Å²) in [5.74, 6) is 2.75. The van der Waals surface area contributed by atoms with Crippen molar-refractivity contribution in [3.63, 3.8) is 0 Å². The van der Waals surface area contributed by atoms with Gasteiger partial charge >= 0.3 is 0 Å². The summed E-state index contributed by atoms with van der Waals surface area (Å²) in [7, 11) is 1.62. The van der Waals surface area contributed by atoms with E-state index in [1.165, 1.54) is 5.56 Å². The molecule has 3 aromatic carbocycles. The van der Waals surface area contributed by atoms with Crippen molar-refractivity contribution in [3.05, 3.63) is 76.3 Å². The second-order valence-corrected chi connectivity index (χ2v) is 7.20. The molecule has 1 aliphatic rings. The third-order valence-electron chi connectivity index (χ3n) is 4.67. The fourth-order valence-corrected chi connectivity index (χ4v) is 3.37. The normalized spacial score (nSPS) is 12.0. The molecule has 0 saturated heterocycles. The first-order valence-electron chi connectivity index (χ1n) is 9.30. The summed E-state index contributed by atoms with van der Waals surface area (Å²) in [6.45, 7) is 3.30. The number of methoxy groups -OCH3 is 1. The van der Waals surface area contributed by atoms with E-state index in [4.69, 9.17) is 30.5 Å². The van der Waals surface area contributed by atoms with Gasteiger partial charge < -0.3 is 24.3 Å². The molecule has 4 rings (SSSR count). The summed E-state index contributed by atoms with van der Waals surface area (Å²) >= 11 is 6.51. The molecule has 0 aromatic heterocycles. The van der Waals surface area contributed by atoms with Crippen molar-refractivity contribution in [1.29, 1.82) is 0 Å². The molecule has 0 aliphatic carbocycles. The number of hydrogen-bond donors (Lipinski definition) is 1.